The third kappa shape index (κ3) is 3.21. The quantitative estimate of drug-likeness (QED) is 0.900. The molecule has 2 rings (SSSR count). The fraction of sp³-hybridized carbons (Fsp3) is 0.538. The largest absolute Gasteiger partial charge is 0.367 e. The van der Waals surface area contributed by atoms with Crippen LogP contribution in [0.15, 0.2) is 16.7 Å². The number of nitriles is 1. The second-order valence-corrected chi connectivity index (χ2v) is 5.85. The first-order valence-electron chi connectivity index (χ1n) is 6.21. The maximum absolute atomic E-state index is 9.06. The van der Waals surface area contributed by atoms with Gasteiger partial charge in [0.1, 0.15) is 11.9 Å². The average Bonchev–Trinajstić information content (AvgIpc) is 2.38. The number of nitrogens with one attached hydrogen (secondary N) is 1. The molecule has 0 saturated heterocycles. The molecule has 1 heterocycles. The average molecular weight is 309 g/mol. The molecule has 0 bridgehead atoms. The van der Waals surface area contributed by atoms with Crippen molar-refractivity contribution in [1.82, 2.24) is 4.98 Å². The van der Waals surface area contributed by atoms with Crippen LogP contribution in [0.3, 0.4) is 0 Å². The number of pyridine rings is 1. The molecular formula is C13H17BrN4. The van der Waals surface area contributed by atoms with Gasteiger partial charge in [-0.2, -0.15) is 5.26 Å². The zero-order chi connectivity index (χ0) is 13.0. The van der Waals surface area contributed by atoms with E-state index in [1.165, 1.54) is 19.3 Å². The Morgan fingerprint density at radius 1 is 1.44 bits per heavy atom. The first kappa shape index (κ1) is 13.3. The Kier molecular flexibility index (Phi) is 4.20. The summed E-state index contributed by atoms with van der Waals surface area (Å²) in [5, 5.41) is 12.3. The van der Waals surface area contributed by atoms with Crippen LogP contribution in [0.25, 0.3) is 0 Å². The number of aromatic nitrogens is 1. The molecule has 1 aliphatic carbocycles. The van der Waals surface area contributed by atoms with Gasteiger partial charge in [0, 0.05) is 22.8 Å². The van der Waals surface area contributed by atoms with Gasteiger partial charge in [0.05, 0.1) is 5.56 Å². The molecule has 0 aliphatic heterocycles. The van der Waals surface area contributed by atoms with Crippen molar-refractivity contribution in [3.8, 4) is 6.07 Å². The highest BCUT2D eigenvalue weighted by molar-refractivity contribution is 9.10. The SMILES string of the molecule is N#Cc1cc(Br)cnc1NCC1(N)CCCCC1. The predicted molar refractivity (Wildman–Crippen MR) is 75.1 cm³/mol. The van der Waals surface area contributed by atoms with Crippen molar-refractivity contribution in [2.45, 2.75) is 37.6 Å². The van der Waals surface area contributed by atoms with Crippen LogP contribution in [0, 0.1) is 11.3 Å². The number of rotatable bonds is 3. The summed E-state index contributed by atoms with van der Waals surface area (Å²) in [7, 11) is 0. The second kappa shape index (κ2) is 5.68. The summed E-state index contributed by atoms with van der Waals surface area (Å²) < 4.78 is 0.810. The number of anilines is 1. The lowest BCUT2D eigenvalue weighted by atomic mass is 9.82. The number of halogens is 1. The van der Waals surface area contributed by atoms with E-state index in [4.69, 9.17) is 11.0 Å². The molecule has 4 nitrogen and oxygen atoms in total. The highest BCUT2D eigenvalue weighted by atomic mass is 79.9. The molecule has 1 fully saturated rings. The summed E-state index contributed by atoms with van der Waals surface area (Å²) in [6.45, 7) is 0.677. The van der Waals surface area contributed by atoms with Gasteiger partial charge in [0.25, 0.3) is 0 Å². The first-order valence-corrected chi connectivity index (χ1v) is 7.01. The van der Waals surface area contributed by atoms with Crippen molar-refractivity contribution >= 4 is 21.7 Å². The lowest BCUT2D eigenvalue weighted by Crippen LogP contribution is -2.47. The Hall–Kier alpha value is -1.12. The van der Waals surface area contributed by atoms with Crippen LogP contribution in [0.4, 0.5) is 5.82 Å². The van der Waals surface area contributed by atoms with Crippen LogP contribution in [0.5, 0.6) is 0 Å². The molecule has 96 valence electrons. The van der Waals surface area contributed by atoms with Crippen molar-refractivity contribution in [1.29, 1.82) is 5.26 Å². The van der Waals surface area contributed by atoms with Crippen molar-refractivity contribution in [3.05, 3.63) is 22.3 Å². The van der Waals surface area contributed by atoms with Crippen molar-refractivity contribution < 1.29 is 0 Å². The fourth-order valence-electron chi connectivity index (χ4n) is 2.36. The number of hydrogen-bond donors (Lipinski definition) is 2. The van der Waals surface area contributed by atoms with E-state index in [1.54, 1.807) is 12.3 Å². The van der Waals surface area contributed by atoms with Crippen molar-refractivity contribution in [3.63, 3.8) is 0 Å². The lowest BCUT2D eigenvalue weighted by molar-refractivity contribution is 0.311. The normalized spacial score (nSPS) is 18.1. The van der Waals surface area contributed by atoms with E-state index in [9.17, 15) is 0 Å². The third-order valence-corrected chi connectivity index (χ3v) is 3.87. The maximum atomic E-state index is 9.06. The zero-order valence-electron chi connectivity index (χ0n) is 10.2. The summed E-state index contributed by atoms with van der Waals surface area (Å²) in [5.41, 5.74) is 6.74. The monoisotopic (exact) mass is 308 g/mol. The van der Waals surface area contributed by atoms with Crippen LogP contribution in [0.1, 0.15) is 37.7 Å². The minimum atomic E-state index is -0.153. The third-order valence-electron chi connectivity index (χ3n) is 3.43. The van der Waals surface area contributed by atoms with Crippen LogP contribution in [0.2, 0.25) is 0 Å². The molecule has 5 heteroatoms. The van der Waals surface area contributed by atoms with Crippen LogP contribution in [-0.2, 0) is 0 Å². The van der Waals surface area contributed by atoms with Crippen molar-refractivity contribution in [2.75, 3.05) is 11.9 Å². The van der Waals surface area contributed by atoms with Gasteiger partial charge < -0.3 is 11.1 Å². The van der Waals surface area contributed by atoms with Gasteiger partial charge in [-0.3, -0.25) is 0 Å². The first-order chi connectivity index (χ1) is 8.63. The summed E-state index contributed by atoms with van der Waals surface area (Å²) in [5.74, 6) is 0.621. The van der Waals surface area contributed by atoms with E-state index in [-0.39, 0.29) is 5.54 Å². The Morgan fingerprint density at radius 3 is 2.83 bits per heavy atom. The molecule has 1 aromatic heterocycles. The molecule has 18 heavy (non-hydrogen) atoms. The molecule has 1 aliphatic rings. The standard InChI is InChI=1S/C13H17BrN4/c14-11-6-10(7-15)12(17-8-11)18-9-13(16)4-2-1-3-5-13/h6,8H,1-5,9,16H2,(H,17,18). The van der Waals surface area contributed by atoms with Crippen LogP contribution < -0.4 is 11.1 Å². The van der Waals surface area contributed by atoms with Gasteiger partial charge in [-0.1, -0.05) is 19.3 Å². The molecule has 0 spiro atoms. The second-order valence-electron chi connectivity index (χ2n) is 4.94. The number of nitrogens with zero attached hydrogens (tertiary/aromatic N) is 2. The van der Waals surface area contributed by atoms with Gasteiger partial charge in [0.15, 0.2) is 0 Å². The number of hydrogen-bond acceptors (Lipinski definition) is 4. The Morgan fingerprint density at radius 2 is 2.17 bits per heavy atom. The molecule has 0 atom stereocenters. The molecule has 0 amide bonds. The minimum Gasteiger partial charge on any atom is -0.367 e. The Balaban J connectivity index is 2.04. The van der Waals surface area contributed by atoms with Gasteiger partial charge >= 0.3 is 0 Å². The highest BCUT2D eigenvalue weighted by Gasteiger charge is 2.27. The van der Waals surface area contributed by atoms with Crippen LogP contribution in [-0.4, -0.2) is 17.1 Å². The summed E-state index contributed by atoms with van der Waals surface area (Å²) in [6, 6.07) is 3.90. The van der Waals surface area contributed by atoms with E-state index >= 15 is 0 Å². The van der Waals surface area contributed by atoms with Gasteiger partial charge in [0.2, 0.25) is 0 Å². The van der Waals surface area contributed by atoms with E-state index in [2.05, 4.69) is 32.3 Å². The molecule has 0 radical (unpaired) electrons. The molecule has 1 aromatic rings. The molecule has 3 N–H and O–H groups in total. The summed E-state index contributed by atoms with van der Waals surface area (Å²) in [6.07, 6.45) is 7.43. The van der Waals surface area contributed by atoms with E-state index in [1.807, 2.05) is 0 Å². The smallest absolute Gasteiger partial charge is 0.144 e. The predicted octanol–water partition coefficient (Wildman–Crippen LogP) is 2.79. The van der Waals surface area contributed by atoms with Gasteiger partial charge in [-0.25, -0.2) is 4.98 Å². The Bertz CT molecular complexity index is 461. The summed E-state index contributed by atoms with van der Waals surface area (Å²) in [4.78, 5) is 4.23. The van der Waals surface area contributed by atoms with E-state index in [0.29, 0.717) is 17.9 Å². The maximum Gasteiger partial charge on any atom is 0.144 e. The Labute approximate surface area is 116 Å². The summed E-state index contributed by atoms with van der Waals surface area (Å²) >= 11 is 3.31. The molecule has 0 unspecified atom stereocenters. The van der Waals surface area contributed by atoms with Gasteiger partial charge in [-0.05, 0) is 34.8 Å². The van der Waals surface area contributed by atoms with Crippen molar-refractivity contribution in [2.24, 2.45) is 5.73 Å². The van der Waals surface area contributed by atoms with E-state index < -0.39 is 0 Å². The molecular weight excluding hydrogens is 292 g/mol. The zero-order valence-corrected chi connectivity index (χ0v) is 11.8. The van der Waals surface area contributed by atoms with Crippen LogP contribution >= 0.6 is 15.9 Å². The van der Waals surface area contributed by atoms with E-state index in [0.717, 1.165) is 17.3 Å². The minimum absolute atomic E-state index is 0.153. The molecule has 1 saturated carbocycles. The topological polar surface area (TPSA) is 74.7 Å². The molecule has 0 aromatic carbocycles. The lowest BCUT2D eigenvalue weighted by Gasteiger charge is -2.33. The fourth-order valence-corrected chi connectivity index (χ4v) is 2.69. The number of nitrogens with two attached hydrogens (primary N) is 1. The van der Waals surface area contributed by atoms with Gasteiger partial charge in [-0.15, -0.1) is 0 Å². The highest BCUT2D eigenvalue weighted by Crippen LogP contribution is 2.26.